The van der Waals surface area contributed by atoms with Crippen molar-refractivity contribution in [2.24, 2.45) is 0 Å². The smallest absolute Gasteiger partial charge is 0.122 e. The van der Waals surface area contributed by atoms with Gasteiger partial charge in [0.1, 0.15) is 12.4 Å². The first kappa shape index (κ1) is 16.5. The Morgan fingerprint density at radius 1 is 1.09 bits per heavy atom. The molecule has 2 rings (SSSR count). The number of aliphatic hydroxyl groups excluding tert-OH is 1. The largest absolute Gasteiger partial charge is 0.492 e. The molecule has 0 bridgehead atoms. The Morgan fingerprint density at radius 2 is 1.82 bits per heavy atom. The van der Waals surface area contributed by atoms with Crippen molar-refractivity contribution >= 4 is 0 Å². The van der Waals surface area contributed by atoms with Gasteiger partial charge in [-0.3, -0.25) is 0 Å². The Kier molecular flexibility index (Phi) is 5.99. The van der Waals surface area contributed by atoms with E-state index in [0.29, 0.717) is 19.7 Å². The molecule has 0 radical (unpaired) electrons. The Hall–Kier alpha value is -1.84. The minimum absolute atomic E-state index is 0.482. The third-order valence-electron chi connectivity index (χ3n) is 3.82. The lowest BCUT2D eigenvalue weighted by Gasteiger charge is -2.14. The van der Waals surface area contributed by atoms with Crippen LogP contribution in [0.25, 0.3) is 0 Å². The lowest BCUT2D eigenvalue weighted by Crippen LogP contribution is -2.26. The van der Waals surface area contributed by atoms with Crippen LogP contribution in [0.5, 0.6) is 5.75 Å². The number of hydrogen-bond donors (Lipinski definition) is 2. The first-order valence-electron chi connectivity index (χ1n) is 7.72. The maximum Gasteiger partial charge on any atom is 0.122 e. The van der Waals surface area contributed by atoms with E-state index in [1.807, 2.05) is 30.3 Å². The van der Waals surface area contributed by atoms with Crippen LogP contribution in [0, 0.1) is 20.8 Å². The summed E-state index contributed by atoms with van der Waals surface area (Å²) in [5.74, 6) is 0.947. The fourth-order valence-electron chi connectivity index (χ4n) is 2.42. The van der Waals surface area contributed by atoms with Crippen molar-refractivity contribution in [1.82, 2.24) is 5.32 Å². The fraction of sp³-hybridized carbons (Fsp3) is 0.368. The van der Waals surface area contributed by atoms with E-state index in [9.17, 15) is 5.11 Å². The van der Waals surface area contributed by atoms with Crippen LogP contribution in [-0.4, -0.2) is 24.8 Å². The van der Waals surface area contributed by atoms with Crippen molar-refractivity contribution in [3.63, 3.8) is 0 Å². The molecule has 0 spiro atoms. The second-order valence-electron chi connectivity index (χ2n) is 5.68. The molecular formula is C19H25NO2. The maximum atomic E-state index is 10.1. The van der Waals surface area contributed by atoms with E-state index >= 15 is 0 Å². The van der Waals surface area contributed by atoms with Crippen molar-refractivity contribution < 1.29 is 9.84 Å². The van der Waals surface area contributed by atoms with Gasteiger partial charge in [0, 0.05) is 13.1 Å². The van der Waals surface area contributed by atoms with Crippen LogP contribution >= 0.6 is 0 Å². The highest BCUT2D eigenvalue weighted by Gasteiger charge is 2.06. The lowest BCUT2D eigenvalue weighted by atomic mass is 10.1. The monoisotopic (exact) mass is 299 g/mol. The summed E-state index contributed by atoms with van der Waals surface area (Å²) in [6.45, 7) is 8.08. The second-order valence-corrected chi connectivity index (χ2v) is 5.68. The summed E-state index contributed by atoms with van der Waals surface area (Å²) >= 11 is 0. The molecule has 0 saturated carbocycles. The molecule has 0 saturated heterocycles. The van der Waals surface area contributed by atoms with Gasteiger partial charge in [0.25, 0.3) is 0 Å². The van der Waals surface area contributed by atoms with Crippen LogP contribution < -0.4 is 10.1 Å². The number of aryl methyl sites for hydroxylation is 2. The highest BCUT2D eigenvalue weighted by molar-refractivity contribution is 5.41. The van der Waals surface area contributed by atoms with Crippen LogP contribution in [0.3, 0.4) is 0 Å². The molecule has 0 aromatic heterocycles. The van der Waals surface area contributed by atoms with E-state index in [1.54, 1.807) is 0 Å². The van der Waals surface area contributed by atoms with Gasteiger partial charge < -0.3 is 15.2 Å². The van der Waals surface area contributed by atoms with Crippen molar-refractivity contribution in [2.45, 2.75) is 26.9 Å². The summed E-state index contributed by atoms with van der Waals surface area (Å²) in [5, 5.41) is 13.3. The maximum absolute atomic E-state index is 10.1. The molecule has 1 unspecified atom stereocenters. The van der Waals surface area contributed by atoms with E-state index in [-0.39, 0.29) is 0 Å². The number of ether oxygens (including phenoxy) is 1. The summed E-state index contributed by atoms with van der Waals surface area (Å²) in [7, 11) is 0. The lowest BCUT2D eigenvalue weighted by molar-refractivity contribution is 0.172. The predicted octanol–water partition coefficient (Wildman–Crippen LogP) is 3.31. The fourth-order valence-corrected chi connectivity index (χ4v) is 2.42. The summed E-state index contributed by atoms with van der Waals surface area (Å²) in [6.07, 6.45) is -0.482. The van der Waals surface area contributed by atoms with Crippen molar-refractivity contribution in [2.75, 3.05) is 19.7 Å². The molecule has 0 aliphatic heterocycles. The zero-order chi connectivity index (χ0) is 15.9. The molecule has 0 fully saturated rings. The molecule has 3 heteroatoms. The van der Waals surface area contributed by atoms with Crippen LogP contribution in [0.2, 0.25) is 0 Å². The van der Waals surface area contributed by atoms with Gasteiger partial charge in [-0.2, -0.15) is 0 Å². The molecule has 1 atom stereocenters. The summed E-state index contributed by atoms with van der Waals surface area (Å²) < 4.78 is 5.84. The Labute approximate surface area is 133 Å². The van der Waals surface area contributed by atoms with Gasteiger partial charge >= 0.3 is 0 Å². The van der Waals surface area contributed by atoms with Gasteiger partial charge in [-0.1, -0.05) is 36.4 Å². The second kappa shape index (κ2) is 7.97. The highest BCUT2D eigenvalue weighted by Crippen LogP contribution is 2.23. The van der Waals surface area contributed by atoms with Gasteiger partial charge in [0.2, 0.25) is 0 Å². The zero-order valence-electron chi connectivity index (χ0n) is 13.6. The van der Waals surface area contributed by atoms with E-state index in [4.69, 9.17) is 4.74 Å². The van der Waals surface area contributed by atoms with Crippen LogP contribution in [0.1, 0.15) is 28.4 Å². The third-order valence-corrected chi connectivity index (χ3v) is 3.82. The quantitative estimate of drug-likeness (QED) is 0.771. The van der Waals surface area contributed by atoms with Gasteiger partial charge in [-0.15, -0.1) is 0 Å². The van der Waals surface area contributed by atoms with Crippen LogP contribution in [0.4, 0.5) is 0 Å². The normalized spacial score (nSPS) is 12.2. The molecule has 2 aromatic rings. The molecule has 0 aliphatic carbocycles. The van der Waals surface area contributed by atoms with Gasteiger partial charge in [0.05, 0.1) is 6.10 Å². The number of nitrogens with one attached hydrogen (secondary N) is 1. The Balaban J connectivity index is 1.74. The average molecular weight is 299 g/mol. The predicted molar refractivity (Wildman–Crippen MR) is 90.4 cm³/mol. The molecule has 0 aliphatic rings. The molecule has 2 aromatic carbocycles. The van der Waals surface area contributed by atoms with E-state index in [0.717, 1.165) is 11.3 Å². The standard InChI is InChI=1S/C19H25NO2/c1-14-11-15(2)16(3)19(12-14)22-10-9-20-13-18(21)17-7-5-4-6-8-17/h4-8,11-12,18,20-21H,9-10,13H2,1-3H3. The zero-order valence-corrected chi connectivity index (χ0v) is 13.6. The third kappa shape index (κ3) is 4.58. The SMILES string of the molecule is Cc1cc(C)c(C)c(OCCNCC(O)c2ccccc2)c1. The number of hydrogen-bond acceptors (Lipinski definition) is 3. The van der Waals surface area contributed by atoms with Gasteiger partial charge in [-0.05, 0) is 49.1 Å². The highest BCUT2D eigenvalue weighted by atomic mass is 16.5. The van der Waals surface area contributed by atoms with Gasteiger partial charge in [0.15, 0.2) is 0 Å². The summed E-state index contributed by atoms with van der Waals surface area (Å²) in [4.78, 5) is 0. The summed E-state index contributed by atoms with van der Waals surface area (Å²) in [5.41, 5.74) is 4.59. The molecule has 0 amide bonds. The molecule has 118 valence electrons. The van der Waals surface area contributed by atoms with Crippen molar-refractivity contribution in [3.05, 3.63) is 64.7 Å². The Morgan fingerprint density at radius 3 is 2.55 bits per heavy atom. The number of benzene rings is 2. The molecule has 3 nitrogen and oxygen atoms in total. The first-order chi connectivity index (χ1) is 10.6. The molecular weight excluding hydrogens is 274 g/mol. The number of rotatable bonds is 7. The number of aliphatic hydroxyl groups is 1. The van der Waals surface area contributed by atoms with Crippen molar-refractivity contribution in [1.29, 1.82) is 0 Å². The minimum Gasteiger partial charge on any atom is -0.492 e. The molecule has 22 heavy (non-hydrogen) atoms. The van der Waals surface area contributed by atoms with Crippen molar-refractivity contribution in [3.8, 4) is 5.75 Å². The van der Waals surface area contributed by atoms with E-state index in [1.165, 1.54) is 16.7 Å². The first-order valence-corrected chi connectivity index (χ1v) is 7.72. The summed E-state index contributed by atoms with van der Waals surface area (Å²) in [6, 6.07) is 13.9. The average Bonchev–Trinajstić information content (AvgIpc) is 2.52. The minimum atomic E-state index is -0.482. The molecule has 2 N–H and O–H groups in total. The Bertz CT molecular complexity index is 596. The van der Waals surface area contributed by atoms with Gasteiger partial charge in [-0.25, -0.2) is 0 Å². The topological polar surface area (TPSA) is 41.5 Å². The van der Waals surface area contributed by atoms with E-state index in [2.05, 4.69) is 38.2 Å². The van der Waals surface area contributed by atoms with Crippen LogP contribution in [0.15, 0.2) is 42.5 Å². The van der Waals surface area contributed by atoms with E-state index < -0.39 is 6.10 Å². The van der Waals surface area contributed by atoms with Crippen LogP contribution in [-0.2, 0) is 0 Å². The molecule has 0 heterocycles.